The standard InChI is InChI=1S/C6H9NO3.H3N/c1-4(8)7(5(2)9)6(3)10;/h1-3H3;1H3. The van der Waals surface area contributed by atoms with Gasteiger partial charge in [-0.25, -0.2) is 4.90 Å². The molecule has 0 aromatic heterocycles. The highest BCUT2D eigenvalue weighted by molar-refractivity contribution is 6.08. The molecule has 0 atom stereocenters. The molecule has 0 aliphatic rings. The summed E-state index contributed by atoms with van der Waals surface area (Å²) in [4.78, 5) is 32.1. The van der Waals surface area contributed by atoms with Crippen LogP contribution in [0.2, 0.25) is 0 Å². The van der Waals surface area contributed by atoms with Crippen molar-refractivity contribution in [3.8, 4) is 0 Å². The van der Waals surface area contributed by atoms with E-state index in [0.717, 1.165) is 0 Å². The molecule has 11 heavy (non-hydrogen) atoms. The van der Waals surface area contributed by atoms with Gasteiger partial charge in [-0.1, -0.05) is 0 Å². The fraction of sp³-hybridized carbons (Fsp3) is 0.500. The Balaban J connectivity index is 0. The van der Waals surface area contributed by atoms with Crippen LogP contribution in [0.3, 0.4) is 0 Å². The molecule has 0 unspecified atom stereocenters. The van der Waals surface area contributed by atoms with E-state index in [1.54, 1.807) is 0 Å². The molecule has 0 aromatic carbocycles. The normalized spacial score (nSPS) is 7.91. The van der Waals surface area contributed by atoms with E-state index in [9.17, 15) is 14.4 Å². The lowest BCUT2D eigenvalue weighted by atomic mass is 10.4. The van der Waals surface area contributed by atoms with Gasteiger partial charge < -0.3 is 6.15 Å². The van der Waals surface area contributed by atoms with Gasteiger partial charge in [-0.05, 0) is 0 Å². The highest BCUT2D eigenvalue weighted by Gasteiger charge is 2.17. The molecule has 0 fully saturated rings. The second kappa shape index (κ2) is 4.56. The molecule has 64 valence electrons. The van der Waals surface area contributed by atoms with Crippen LogP contribution < -0.4 is 6.15 Å². The molecule has 3 amide bonds. The average Bonchev–Trinajstić information content (AvgIpc) is 1.59. The summed E-state index contributed by atoms with van der Waals surface area (Å²) in [5, 5.41) is 0. The molecule has 0 aliphatic heterocycles. The van der Waals surface area contributed by atoms with Crippen molar-refractivity contribution in [2.75, 3.05) is 0 Å². The van der Waals surface area contributed by atoms with Crippen molar-refractivity contribution >= 4 is 17.7 Å². The molecule has 0 aliphatic carbocycles. The number of carbonyl (C=O) groups is 3. The van der Waals surface area contributed by atoms with Crippen molar-refractivity contribution in [3.05, 3.63) is 0 Å². The third kappa shape index (κ3) is 3.47. The summed E-state index contributed by atoms with van der Waals surface area (Å²) in [6, 6.07) is 0. The number of hydrogen-bond acceptors (Lipinski definition) is 4. The van der Waals surface area contributed by atoms with Crippen LogP contribution in [0.15, 0.2) is 0 Å². The Hall–Kier alpha value is -1.23. The minimum atomic E-state index is -0.542. The molecule has 0 spiro atoms. The summed E-state index contributed by atoms with van der Waals surface area (Å²) in [5.41, 5.74) is 0. The molecule has 0 radical (unpaired) electrons. The topological polar surface area (TPSA) is 89.5 Å². The van der Waals surface area contributed by atoms with Crippen molar-refractivity contribution < 1.29 is 14.4 Å². The van der Waals surface area contributed by atoms with E-state index in [2.05, 4.69) is 0 Å². The third-order valence-corrected chi connectivity index (χ3v) is 0.945. The molecule has 0 bridgehead atoms. The Labute approximate surface area is 64.9 Å². The van der Waals surface area contributed by atoms with Gasteiger partial charge in [0, 0.05) is 20.8 Å². The Kier molecular flexibility index (Phi) is 5.16. The van der Waals surface area contributed by atoms with E-state index < -0.39 is 17.7 Å². The minimum Gasteiger partial charge on any atom is -0.344 e. The highest BCUT2D eigenvalue weighted by atomic mass is 16.2. The van der Waals surface area contributed by atoms with Crippen molar-refractivity contribution in [1.29, 1.82) is 0 Å². The van der Waals surface area contributed by atoms with Gasteiger partial charge >= 0.3 is 0 Å². The third-order valence-electron chi connectivity index (χ3n) is 0.945. The van der Waals surface area contributed by atoms with Crippen LogP contribution in [0.4, 0.5) is 0 Å². The zero-order valence-electron chi connectivity index (χ0n) is 6.88. The van der Waals surface area contributed by atoms with E-state index in [1.165, 1.54) is 20.8 Å². The van der Waals surface area contributed by atoms with Crippen molar-refractivity contribution in [2.24, 2.45) is 0 Å². The summed E-state index contributed by atoms with van der Waals surface area (Å²) in [5.74, 6) is -1.62. The Morgan fingerprint density at radius 3 is 1.00 bits per heavy atom. The van der Waals surface area contributed by atoms with E-state index >= 15 is 0 Å². The lowest BCUT2D eigenvalue weighted by Crippen LogP contribution is -2.37. The maximum Gasteiger partial charge on any atom is 0.232 e. The van der Waals surface area contributed by atoms with Crippen LogP contribution >= 0.6 is 0 Å². The number of nitrogens with zero attached hydrogens (tertiary/aromatic N) is 1. The second-order valence-corrected chi connectivity index (χ2v) is 1.89. The Morgan fingerprint density at radius 2 is 1.00 bits per heavy atom. The molecular formula is C6H12N2O3. The molecular weight excluding hydrogens is 148 g/mol. The van der Waals surface area contributed by atoms with Crippen LogP contribution in [0.1, 0.15) is 20.8 Å². The first-order chi connectivity index (χ1) is 4.46. The molecule has 5 heteroatoms. The molecule has 0 heterocycles. The fourth-order valence-electron chi connectivity index (χ4n) is 0.665. The van der Waals surface area contributed by atoms with Gasteiger partial charge in [-0.3, -0.25) is 14.4 Å². The molecule has 0 rings (SSSR count). The lowest BCUT2D eigenvalue weighted by molar-refractivity contribution is -0.150. The number of carbonyl (C=O) groups excluding carboxylic acids is 3. The van der Waals surface area contributed by atoms with E-state index in [-0.39, 0.29) is 6.15 Å². The summed E-state index contributed by atoms with van der Waals surface area (Å²) in [7, 11) is 0. The van der Waals surface area contributed by atoms with E-state index in [0.29, 0.717) is 4.90 Å². The largest absolute Gasteiger partial charge is 0.344 e. The zero-order valence-corrected chi connectivity index (χ0v) is 6.88. The van der Waals surface area contributed by atoms with Crippen molar-refractivity contribution in [2.45, 2.75) is 20.8 Å². The molecule has 3 N–H and O–H groups in total. The number of imide groups is 3. The minimum absolute atomic E-state index is 0. The van der Waals surface area contributed by atoms with Gasteiger partial charge in [0.2, 0.25) is 17.7 Å². The number of rotatable bonds is 0. The first-order valence-corrected chi connectivity index (χ1v) is 2.78. The predicted octanol–water partition coefficient (Wildman–Crippen LogP) is 0.0899. The Bertz CT molecular complexity index is 155. The summed E-state index contributed by atoms with van der Waals surface area (Å²) in [6.07, 6.45) is 0. The predicted molar refractivity (Wildman–Crippen MR) is 38.9 cm³/mol. The number of amides is 3. The number of hydrogen-bond donors (Lipinski definition) is 1. The van der Waals surface area contributed by atoms with Crippen molar-refractivity contribution in [1.82, 2.24) is 11.1 Å². The maximum atomic E-state index is 10.5. The molecule has 0 saturated carbocycles. The molecule has 5 nitrogen and oxygen atoms in total. The zero-order chi connectivity index (χ0) is 8.31. The van der Waals surface area contributed by atoms with Crippen LogP contribution in [0.25, 0.3) is 0 Å². The van der Waals surface area contributed by atoms with Gasteiger partial charge in [0.15, 0.2) is 0 Å². The van der Waals surface area contributed by atoms with Crippen LogP contribution in [0, 0.1) is 0 Å². The SMILES string of the molecule is CC(=O)N(C(C)=O)C(C)=O.N. The Morgan fingerprint density at radius 1 is 0.818 bits per heavy atom. The van der Waals surface area contributed by atoms with Crippen LogP contribution in [-0.2, 0) is 14.4 Å². The van der Waals surface area contributed by atoms with Gasteiger partial charge in [-0.2, -0.15) is 0 Å². The maximum absolute atomic E-state index is 10.5. The molecule has 0 aromatic rings. The summed E-state index contributed by atoms with van der Waals surface area (Å²) < 4.78 is 0. The second-order valence-electron chi connectivity index (χ2n) is 1.89. The van der Waals surface area contributed by atoms with Gasteiger partial charge in [-0.15, -0.1) is 0 Å². The first-order valence-electron chi connectivity index (χ1n) is 2.78. The quantitative estimate of drug-likeness (QED) is 0.543. The van der Waals surface area contributed by atoms with Crippen molar-refractivity contribution in [3.63, 3.8) is 0 Å². The van der Waals surface area contributed by atoms with Gasteiger partial charge in [0.1, 0.15) is 0 Å². The smallest absolute Gasteiger partial charge is 0.232 e. The fourth-order valence-corrected chi connectivity index (χ4v) is 0.665. The van der Waals surface area contributed by atoms with Gasteiger partial charge in [0.05, 0.1) is 0 Å². The van der Waals surface area contributed by atoms with E-state index in [1.807, 2.05) is 0 Å². The molecule has 0 saturated heterocycles. The highest BCUT2D eigenvalue weighted by Crippen LogP contribution is 1.90. The van der Waals surface area contributed by atoms with Crippen LogP contribution in [-0.4, -0.2) is 22.6 Å². The summed E-state index contributed by atoms with van der Waals surface area (Å²) in [6.45, 7) is 3.51. The monoisotopic (exact) mass is 160 g/mol. The average molecular weight is 160 g/mol. The summed E-state index contributed by atoms with van der Waals surface area (Å²) >= 11 is 0. The first kappa shape index (κ1) is 12.4. The van der Waals surface area contributed by atoms with Crippen LogP contribution in [0.5, 0.6) is 0 Å². The van der Waals surface area contributed by atoms with Gasteiger partial charge in [0.25, 0.3) is 0 Å². The van der Waals surface area contributed by atoms with E-state index in [4.69, 9.17) is 0 Å². The lowest BCUT2D eigenvalue weighted by Gasteiger charge is -2.10.